The van der Waals surface area contributed by atoms with Gasteiger partial charge in [-0.05, 0) is 34.5 Å². The molecular weight excluding hydrogens is 372 g/mol. The standard InChI is InChI=1S/C21H26N4O2S/c26-18-11-25(9-15-8-23-28-13-15)14-21(18)17(10-24-7-6-22-19(27)12-24)20(21)16-4-2-1-3-5-16/h1-5,8,13,17-18,20,26H,6-7,9-12,14H2,(H,22,27)/t17-,18-,20-,21-/m1/s1. The number of benzene rings is 1. The molecule has 3 heterocycles. The number of aliphatic hydroxyl groups excluding tert-OH is 1. The van der Waals surface area contributed by atoms with E-state index in [-0.39, 0.29) is 17.4 Å². The number of carbonyl (C=O) groups excluding carboxylic acids is 1. The number of nitrogens with one attached hydrogen (secondary N) is 1. The zero-order valence-electron chi connectivity index (χ0n) is 15.8. The molecule has 4 atom stereocenters. The highest BCUT2D eigenvalue weighted by Crippen LogP contribution is 2.69. The maximum Gasteiger partial charge on any atom is 0.234 e. The quantitative estimate of drug-likeness (QED) is 0.791. The summed E-state index contributed by atoms with van der Waals surface area (Å²) in [6.45, 7) is 5.39. The molecule has 1 aromatic heterocycles. The van der Waals surface area contributed by atoms with Crippen molar-refractivity contribution in [2.45, 2.75) is 18.6 Å². The van der Waals surface area contributed by atoms with Crippen molar-refractivity contribution in [3.63, 3.8) is 0 Å². The first kappa shape index (κ1) is 18.2. The van der Waals surface area contributed by atoms with Crippen LogP contribution in [0.4, 0.5) is 0 Å². The van der Waals surface area contributed by atoms with E-state index in [1.807, 2.05) is 12.3 Å². The Morgan fingerprint density at radius 2 is 2.14 bits per heavy atom. The van der Waals surface area contributed by atoms with E-state index in [2.05, 4.69) is 49.1 Å². The van der Waals surface area contributed by atoms with Crippen molar-refractivity contribution >= 4 is 17.4 Å². The van der Waals surface area contributed by atoms with Gasteiger partial charge in [0.05, 0.1) is 12.6 Å². The minimum atomic E-state index is -0.340. The monoisotopic (exact) mass is 398 g/mol. The van der Waals surface area contributed by atoms with Gasteiger partial charge in [-0.3, -0.25) is 14.6 Å². The molecule has 7 heteroatoms. The van der Waals surface area contributed by atoms with Crippen molar-refractivity contribution in [2.75, 3.05) is 39.3 Å². The summed E-state index contributed by atoms with van der Waals surface area (Å²) in [6.07, 6.45) is 1.58. The maximum atomic E-state index is 11.8. The number of aliphatic hydroxyl groups is 1. The molecule has 1 spiro atoms. The van der Waals surface area contributed by atoms with Gasteiger partial charge in [-0.1, -0.05) is 30.3 Å². The molecule has 148 valence electrons. The smallest absolute Gasteiger partial charge is 0.234 e. The number of aromatic nitrogens is 1. The number of piperazine rings is 1. The lowest BCUT2D eigenvalue weighted by Gasteiger charge is -2.27. The van der Waals surface area contributed by atoms with Gasteiger partial charge in [0, 0.05) is 56.3 Å². The third kappa shape index (κ3) is 3.16. The van der Waals surface area contributed by atoms with Crippen LogP contribution in [0.25, 0.3) is 0 Å². The van der Waals surface area contributed by atoms with Crippen molar-refractivity contribution in [2.24, 2.45) is 11.3 Å². The summed E-state index contributed by atoms with van der Waals surface area (Å²) in [7, 11) is 0. The lowest BCUT2D eigenvalue weighted by molar-refractivity contribution is -0.124. The zero-order chi connectivity index (χ0) is 19.1. The Morgan fingerprint density at radius 3 is 2.89 bits per heavy atom. The van der Waals surface area contributed by atoms with E-state index in [0.29, 0.717) is 31.5 Å². The first-order valence-electron chi connectivity index (χ1n) is 9.99. The largest absolute Gasteiger partial charge is 0.391 e. The third-order valence-electron chi connectivity index (χ3n) is 6.73. The summed E-state index contributed by atoms with van der Waals surface area (Å²) in [4.78, 5) is 16.4. The predicted octanol–water partition coefficient (Wildman–Crippen LogP) is 1.15. The minimum Gasteiger partial charge on any atom is -0.391 e. The predicted molar refractivity (Wildman–Crippen MR) is 108 cm³/mol. The minimum absolute atomic E-state index is 0.107. The first-order chi connectivity index (χ1) is 13.7. The van der Waals surface area contributed by atoms with E-state index in [4.69, 9.17) is 0 Å². The van der Waals surface area contributed by atoms with Gasteiger partial charge in [-0.15, -0.1) is 0 Å². The summed E-state index contributed by atoms with van der Waals surface area (Å²) in [6, 6.07) is 10.6. The first-order valence-corrected chi connectivity index (χ1v) is 10.8. The summed E-state index contributed by atoms with van der Waals surface area (Å²) in [5.41, 5.74) is 2.42. The molecule has 2 aliphatic heterocycles. The van der Waals surface area contributed by atoms with Crippen LogP contribution in [0.3, 0.4) is 0 Å². The van der Waals surface area contributed by atoms with Gasteiger partial charge in [0.2, 0.25) is 5.91 Å². The number of rotatable bonds is 5. The summed E-state index contributed by atoms with van der Waals surface area (Å²) in [5, 5.41) is 16.1. The average molecular weight is 399 g/mol. The van der Waals surface area contributed by atoms with E-state index in [1.54, 1.807) is 0 Å². The Balaban J connectivity index is 1.37. The van der Waals surface area contributed by atoms with Crippen molar-refractivity contribution < 1.29 is 9.90 Å². The molecule has 1 aromatic carbocycles. The van der Waals surface area contributed by atoms with Crippen LogP contribution >= 0.6 is 11.5 Å². The van der Waals surface area contributed by atoms with Gasteiger partial charge in [-0.2, -0.15) is 0 Å². The fourth-order valence-corrected chi connectivity index (χ4v) is 6.00. The second kappa shape index (κ2) is 7.22. The molecule has 2 aromatic rings. The molecule has 0 radical (unpaired) electrons. The van der Waals surface area contributed by atoms with Gasteiger partial charge >= 0.3 is 0 Å². The van der Waals surface area contributed by atoms with E-state index >= 15 is 0 Å². The number of likely N-dealkylation sites (tertiary alicyclic amines) is 1. The summed E-state index contributed by atoms with van der Waals surface area (Å²) in [5.74, 6) is 0.830. The molecule has 5 rings (SSSR count). The van der Waals surface area contributed by atoms with Gasteiger partial charge < -0.3 is 10.4 Å². The number of carbonyl (C=O) groups is 1. The molecule has 1 amide bonds. The SMILES string of the molecule is O=C1CN(C[C@@H]2[C@@H](c3ccccc3)[C@]23CN(Cc2cnsc2)C[C@H]3O)CCN1. The lowest BCUT2D eigenvalue weighted by Crippen LogP contribution is -2.48. The molecule has 2 saturated heterocycles. The van der Waals surface area contributed by atoms with Crippen LogP contribution in [0.5, 0.6) is 0 Å². The molecule has 0 bridgehead atoms. The molecule has 6 nitrogen and oxygen atoms in total. The Hall–Kier alpha value is -1.80. The molecule has 1 aliphatic carbocycles. The van der Waals surface area contributed by atoms with Crippen molar-refractivity contribution in [3.8, 4) is 0 Å². The highest BCUT2D eigenvalue weighted by atomic mass is 32.1. The van der Waals surface area contributed by atoms with Crippen LogP contribution in [-0.2, 0) is 11.3 Å². The molecule has 2 N–H and O–H groups in total. The Kier molecular flexibility index (Phi) is 4.71. The van der Waals surface area contributed by atoms with Crippen LogP contribution in [0, 0.1) is 11.3 Å². The Bertz CT molecular complexity index is 830. The fourth-order valence-electron chi connectivity index (χ4n) is 5.47. The molecule has 3 aliphatic rings. The number of hydrogen-bond acceptors (Lipinski definition) is 6. The fraction of sp³-hybridized carbons (Fsp3) is 0.524. The van der Waals surface area contributed by atoms with Crippen LogP contribution in [-0.4, -0.2) is 70.6 Å². The lowest BCUT2D eigenvalue weighted by atomic mass is 9.95. The van der Waals surface area contributed by atoms with Gasteiger partial charge in [0.25, 0.3) is 0 Å². The number of hydrogen-bond donors (Lipinski definition) is 2. The highest BCUT2D eigenvalue weighted by molar-refractivity contribution is 7.03. The van der Waals surface area contributed by atoms with Crippen LogP contribution in [0.2, 0.25) is 0 Å². The number of β-amino-alcohol motifs (C(OH)–C–C–N with tert-alkyl or cyclic N) is 1. The van der Waals surface area contributed by atoms with Gasteiger partial charge in [-0.25, -0.2) is 4.37 Å². The normalized spacial score (nSPS) is 33.3. The third-order valence-corrected chi connectivity index (χ3v) is 7.37. The van der Waals surface area contributed by atoms with Crippen LogP contribution < -0.4 is 5.32 Å². The van der Waals surface area contributed by atoms with E-state index < -0.39 is 0 Å². The zero-order valence-corrected chi connectivity index (χ0v) is 16.6. The second-order valence-electron chi connectivity index (χ2n) is 8.41. The maximum absolute atomic E-state index is 11.8. The molecule has 3 fully saturated rings. The molecule has 0 unspecified atom stereocenters. The highest BCUT2D eigenvalue weighted by Gasteiger charge is 2.71. The number of nitrogens with zero attached hydrogens (tertiary/aromatic N) is 3. The topological polar surface area (TPSA) is 68.7 Å². The van der Waals surface area contributed by atoms with E-state index in [0.717, 1.165) is 26.2 Å². The van der Waals surface area contributed by atoms with Crippen molar-refractivity contribution in [1.29, 1.82) is 0 Å². The van der Waals surface area contributed by atoms with Gasteiger partial charge in [0.1, 0.15) is 0 Å². The summed E-state index contributed by atoms with van der Waals surface area (Å²) >= 11 is 1.48. The second-order valence-corrected chi connectivity index (χ2v) is 9.07. The van der Waals surface area contributed by atoms with Crippen LogP contribution in [0.15, 0.2) is 41.9 Å². The summed E-state index contributed by atoms with van der Waals surface area (Å²) < 4.78 is 4.21. The van der Waals surface area contributed by atoms with Crippen LogP contribution in [0.1, 0.15) is 17.0 Å². The molecule has 28 heavy (non-hydrogen) atoms. The molecular formula is C21H26N4O2S. The van der Waals surface area contributed by atoms with Crippen molar-refractivity contribution in [1.82, 2.24) is 19.5 Å². The van der Waals surface area contributed by atoms with E-state index in [9.17, 15) is 9.90 Å². The molecule has 1 saturated carbocycles. The van der Waals surface area contributed by atoms with Crippen molar-refractivity contribution in [3.05, 3.63) is 53.0 Å². The Morgan fingerprint density at radius 1 is 1.29 bits per heavy atom. The van der Waals surface area contributed by atoms with E-state index in [1.165, 1.54) is 22.7 Å². The van der Waals surface area contributed by atoms with Gasteiger partial charge in [0.15, 0.2) is 0 Å². The average Bonchev–Trinajstić information content (AvgIpc) is 2.99. The number of amides is 1. The Labute approximate surface area is 169 Å².